The molecule has 1 N–H and O–H groups in total. The van der Waals surface area contributed by atoms with Crippen LogP contribution in [0.4, 0.5) is 10.1 Å². The number of carbonyl (C=O) groups excluding carboxylic acids is 3. The molecule has 0 unspecified atom stereocenters. The van der Waals surface area contributed by atoms with Crippen LogP contribution in [0.3, 0.4) is 0 Å². The number of nitrogens with one attached hydrogen (secondary N) is 1. The summed E-state index contributed by atoms with van der Waals surface area (Å²) in [5.74, 6) is -2.16. The third kappa shape index (κ3) is 5.40. The Hall–Kier alpha value is -3.16. The van der Waals surface area contributed by atoms with Crippen molar-refractivity contribution in [3.8, 4) is 0 Å². The average Bonchev–Trinajstić information content (AvgIpc) is 2.88. The molecule has 1 heterocycles. The van der Waals surface area contributed by atoms with Crippen LogP contribution in [-0.4, -0.2) is 35.6 Å². The molecule has 0 spiro atoms. The second-order valence-electron chi connectivity index (χ2n) is 5.81. The standard InChI is InChI=1S/C19H21FN2O5/c1-4-26-19(25)16-8-12(2)22(13(16)3)10-18(24)27-11-17(23)21-15-7-5-6-14(20)9-15/h5-9H,4,10-11H2,1-3H3,(H,21,23). The summed E-state index contributed by atoms with van der Waals surface area (Å²) in [4.78, 5) is 35.7. The number of aryl methyl sites for hydroxylation is 1. The van der Waals surface area contributed by atoms with Gasteiger partial charge in [0.15, 0.2) is 6.61 Å². The topological polar surface area (TPSA) is 86.6 Å². The molecule has 0 aliphatic carbocycles. The van der Waals surface area contributed by atoms with E-state index in [9.17, 15) is 18.8 Å². The number of hydrogen-bond donors (Lipinski definition) is 1. The van der Waals surface area contributed by atoms with Gasteiger partial charge in [-0.1, -0.05) is 6.07 Å². The summed E-state index contributed by atoms with van der Waals surface area (Å²) in [5, 5.41) is 2.43. The first-order valence-electron chi connectivity index (χ1n) is 8.36. The van der Waals surface area contributed by atoms with Crippen molar-refractivity contribution in [3.63, 3.8) is 0 Å². The molecule has 2 aromatic rings. The molecule has 0 radical (unpaired) electrons. The monoisotopic (exact) mass is 376 g/mol. The molecule has 0 bridgehead atoms. The molecule has 1 aromatic carbocycles. The van der Waals surface area contributed by atoms with Crippen molar-refractivity contribution in [3.05, 3.63) is 53.1 Å². The van der Waals surface area contributed by atoms with Gasteiger partial charge >= 0.3 is 11.9 Å². The first kappa shape index (κ1) is 20.2. The largest absolute Gasteiger partial charge is 0.462 e. The molecule has 0 saturated carbocycles. The number of nitrogens with zero attached hydrogens (tertiary/aromatic N) is 1. The summed E-state index contributed by atoms with van der Waals surface area (Å²) in [5.41, 5.74) is 1.92. The second-order valence-corrected chi connectivity index (χ2v) is 5.81. The number of hydrogen-bond acceptors (Lipinski definition) is 5. The second kappa shape index (κ2) is 8.98. The minimum Gasteiger partial charge on any atom is -0.462 e. The average molecular weight is 376 g/mol. The summed E-state index contributed by atoms with van der Waals surface area (Å²) >= 11 is 0. The number of carbonyl (C=O) groups is 3. The number of anilines is 1. The number of aromatic nitrogens is 1. The maximum atomic E-state index is 13.1. The zero-order valence-electron chi connectivity index (χ0n) is 15.4. The van der Waals surface area contributed by atoms with E-state index in [1.54, 1.807) is 31.4 Å². The third-order valence-corrected chi connectivity index (χ3v) is 3.83. The van der Waals surface area contributed by atoms with Crippen molar-refractivity contribution in [2.24, 2.45) is 0 Å². The SMILES string of the molecule is CCOC(=O)c1cc(C)n(CC(=O)OCC(=O)Nc2cccc(F)c2)c1C. The van der Waals surface area contributed by atoms with E-state index in [0.717, 1.165) is 6.07 Å². The highest BCUT2D eigenvalue weighted by Crippen LogP contribution is 2.16. The highest BCUT2D eigenvalue weighted by Gasteiger charge is 2.19. The maximum absolute atomic E-state index is 13.1. The fourth-order valence-corrected chi connectivity index (χ4v) is 2.54. The van der Waals surface area contributed by atoms with E-state index in [0.29, 0.717) is 17.0 Å². The number of halogens is 1. The zero-order valence-corrected chi connectivity index (χ0v) is 15.4. The quantitative estimate of drug-likeness (QED) is 0.751. The summed E-state index contributed by atoms with van der Waals surface area (Å²) < 4.78 is 24.6. The van der Waals surface area contributed by atoms with E-state index < -0.39 is 30.3 Å². The zero-order chi connectivity index (χ0) is 20.0. The summed E-state index contributed by atoms with van der Waals surface area (Å²) in [6.07, 6.45) is 0. The van der Waals surface area contributed by atoms with E-state index in [-0.39, 0.29) is 18.8 Å². The molecule has 27 heavy (non-hydrogen) atoms. The predicted octanol–water partition coefficient (Wildman–Crippen LogP) is 2.60. The van der Waals surface area contributed by atoms with E-state index in [4.69, 9.17) is 9.47 Å². The molecule has 8 heteroatoms. The minimum atomic E-state index is -0.637. The van der Waals surface area contributed by atoms with Crippen molar-refractivity contribution in [1.29, 1.82) is 0 Å². The Morgan fingerprint density at radius 2 is 1.89 bits per heavy atom. The molecular weight excluding hydrogens is 355 g/mol. The Bertz CT molecular complexity index is 860. The van der Waals surface area contributed by atoms with Crippen LogP contribution >= 0.6 is 0 Å². The molecule has 0 saturated heterocycles. The lowest BCUT2D eigenvalue weighted by atomic mass is 10.2. The molecule has 2 rings (SSSR count). The first-order chi connectivity index (χ1) is 12.8. The van der Waals surface area contributed by atoms with Crippen LogP contribution in [0.5, 0.6) is 0 Å². The maximum Gasteiger partial charge on any atom is 0.339 e. The molecule has 7 nitrogen and oxygen atoms in total. The van der Waals surface area contributed by atoms with Gasteiger partial charge in [0.25, 0.3) is 5.91 Å². The van der Waals surface area contributed by atoms with Gasteiger partial charge in [-0.15, -0.1) is 0 Å². The van der Waals surface area contributed by atoms with E-state index in [2.05, 4.69) is 5.32 Å². The van der Waals surface area contributed by atoms with Gasteiger partial charge in [-0.2, -0.15) is 0 Å². The van der Waals surface area contributed by atoms with Gasteiger partial charge in [-0.25, -0.2) is 9.18 Å². The smallest absolute Gasteiger partial charge is 0.339 e. The van der Waals surface area contributed by atoms with Crippen LogP contribution in [0.15, 0.2) is 30.3 Å². The van der Waals surface area contributed by atoms with Gasteiger partial charge in [-0.3, -0.25) is 9.59 Å². The highest BCUT2D eigenvalue weighted by molar-refractivity contribution is 5.93. The van der Waals surface area contributed by atoms with Crippen LogP contribution in [-0.2, 0) is 25.6 Å². The number of benzene rings is 1. The lowest BCUT2D eigenvalue weighted by Gasteiger charge is -2.10. The molecule has 1 amide bonds. The Morgan fingerprint density at radius 3 is 2.56 bits per heavy atom. The normalized spacial score (nSPS) is 10.4. The van der Waals surface area contributed by atoms with Gasteiger partial charge in [0.2, 0.25) is 0 Å². The number of ether oxygens (including phenoxy) is 2. The van der Waals surface area contributed by atoms with Gasteiger partial charge in [0.05, 0.1) is 12.2 Å². The van der Waals surface area contributed by atoms with E-state index in [1.807, 2.05) is 0 Å². The molecular formula is C19H21FN2O5. The molecule has 0 atom stereocenters. The molecule has 0 fully saturated rings. The highest BCUT2D eigenvalue weighted by atomic mass is 19.1. The summed E-state index contributed by atoms with van der Waals surface area (Å²) in [6, 6.07) is 7.02. The number of esters is 2. The van der Waals surface area contributed by atoms with Crippen LogP contribution in [0.1, 0.15) is 28.7 Å². The first-order valence-corrected chi connectivity index (χ1v) is 8.36. The summed E-state index contributed by atoms with van der Waals surface area (Å²) in [6.45, 7) is 4.76. The van der Waals surface area contributed by atoms with Crippen molar-refractivity contribution in [2.45, 2.75) is 27.3 Å². The fraction of sp³-hybridized carbons (Fsp3) is 0.316. The minimum absolute atomic E-state index is 0.148. The molecule has 144 valence electrons. The van der Waals surface area contributed by atoms with Gasteiger partial charge in [-0.05, 0) is 45.0 Å². The van der Waals surface area contributed by atoms with E-state index >= 15 is 0 Å². The lowest BCUT2D eigenvalue weighted by molar-refractivity contribution is -0.147. The Kier molecular flexibility index (Phi) is 6.70. The molecule has 0 aliphatic heterocycles. The van der Waals surface area contributed by atoms with Gasteiger partial charge < -0.3 is 19.4 Å². The third-order valence-electron chi connectivity index (χ3n) is 3.83. The van der Waals surface area contributed by atoms with Gasteiger partial charge in [0.1, 0.15) is 12.4 Å². The van der Waals surface area contributed by atoms with Gasteiger partial charge in [0, 0.05) is 17.1 Å². The predicted molar refractivity (Wildman–Crippen MR) is 95.9 cm³/mol. The molecule has 1 aromatic heterocycles. The van der Waals surface area contributed by atoms with Crippen LogP contribution in [0.25, 0.3) is 0 Å². The fourth-order valence-electron chi connectivity index (χ4n) is 2.54. The molecule has 0 aliphatic rings. The lowest BCUT2D eigenvalue weighted by Crippen LogP contribution is -2.23. The Morgan fingerprint density at radius 1 is 1.15 bits per heavy atom. The Balaban J connectivity index is 1.92. The van der Waals surface area contributed by atoms with E-state index in [1.165, 1.54) is 18.2 Å². The van der Waals surface area contributed by atoms with Crippen LogP contribution in [0.2, 0.25) is 0 Å². The van der Waals surface area contributed by atoms with Crippen LogP contribution in [0, 0.1) is 19.7 Å². The number of amides is 1. The van der Waals surface area contributed by atoms with Crippen molar-refractivity contribution >= 4 is 23.5 Å². The Labute approximate surface area is 156 Å². The van der Waals surface area contributed by atoms with Crippen molar-refractivity contribution in [1.82, 2.24) is 4.57 Å². The van der Waals surface area contributed by atoms with Crippen molar-refractivity contribution < 1.29 is 28.2 Å². The van der Waals surface area contributed by atoms with Crippen molar-refractivity contribution in [2.75, 3.05) is 18.5 Å². The number of rotatable bonds is 7. The summed E-state index contributed by atoms with van der Waals surface area (Å²) in [7, 11) is 0. The van der Waals surface area contributed by atoms with Crippen LogP contribution < -0.4 is 5.32 Å².